The zero-order valence-electron chi connectivity index (χ0n) is 29.5. The number of carboxylic acids is 2. The van der Waals surface area contributed by atoms with E-state index in [1.165, 1.54) is 11.3 Å². The summed E-state index contributed by atoms with van der Waals surface area (Å²) in [6, 6.07) is 18.1. The third-order valence-electron chi connectivity index (χ3n) is 9.09. The maximum Gasteiger partial charge on any atom is 0.328 e. The number of nitrogens with one attached hydrogen (secondary N) is 1. The molecule has 270 valence electrons. The lowest BCUT2D eigenvalue weighted by Gasteiger charge is -2.39. The molecular formula is C37H44N6O7S. The zero-order chi connectivity index (χ0) is 36.9. The number of likely N-dealkylation sites (N-methyl/N-ethyl adjacent to an activating group) is 1. The number of methoxy groups -OCH3 is 1. The second-order valence-electron chi connectivity index (χ2n) is 12.8. The van der Waals surface area contributed by atoms with E-state index in [0.717, 1.165) is 73.7 Å². The molecule has 0 spiro atoms. The summed E-state index contributed by atoms with van der Waals surface area (Å²) in [6.07, 6.45) is 4.20. The van der Waals surface area contributed by atoms with Crippen molar-refractivity contribution in [1.29, 1.82) is 0 Å². The van der Waals surface area contributed by atoms with Crippen LogP contribution in [0.5, 0.6) is 5.75 Å². The van der Waals surface area contributed by atoms with Crippen molar-refractivity contribution in [2.24, 2.45) is 0 Å². The zero-order valence-corrected chi connectivity index (χ0v) is 30.3. The number of aromatic nitrogens is 3. The first-order valence-electron chi connectivity index (χ1n) is 16.6. The van der Waals surface area contributed by atoms with Crippen LogP contribution in [-0.2, 0) is 32.5 Å². The van der Waals surface area contributed by atoms with Crippen molar-refractivity contribution in [2.45, 2.75) is 51.0 Å². The highest BCUT2D eigenvalue weighted by atomic mass is 32.2. The van der Waals surface area contributed by atoms with Gasteiger partial charge in [-0.3, -0.25) is 4.90 Å². The fourth-order valence-electron chi connectivity index (χ4n) is 6.62. The van der Waals surface area contributed by atoms with Gasteiger partial charge in [-0.2, -0.15) is 0 Å². The van der Waals surface area contributed by atoms with Gasteiger partial charge in [0.1, 0.15) is 5.75 Å². The van der Waals surface area contributed by atoms with Gasteiger partial charge in [0, 0.05) is 67.1 Å². The molecule has 2 aliphatic rings. The molecule has 14 heteroatoms. The van der Waals surface area contributed by atoms with Crippen molar-refractivity contribution in [3.8, 4) is 22.7 Å². The Morgan fingerprint density at radius 3 is 2.10 bits per heavy atom. The minimum atomic E-state index is -3.86. The first-order valence-corrected chi connectivity index (χ1v) is 18.1. The molecule has 3 heterocycles. The van der Waals surface area contributed by atoms with E-state index in [0.29, 0.717) is 29.6 Å². The number of carbonyl (C=O) groups is 2. The molecule has 1 fully saturated rings. The number of nitrogens with zero attached hydrogens (tertiary/aromatic N) is 5. The Morgan fingerprint density at radius 2 is 1.53 bits per heavy atom. The topological polar surface area (TPSA) is 167 Å². The molecule has 4 aromatic rings. The van der Waals surface area contributed by atoms with Gasteiger partial charge < -0.3 is 24.4 Å². The maximum absolute atomic E-state index is 13.2. The minimum absolute atomic E-state index is 0.0770. The van der Waals surface area contributed by atoms with Crippen LogP contribution >= 0.6 is 0 Å². The first kappa shape index (κ1) is 37.2. The van der Waals surface area contributed by atoms with E-state index in [4.69, 9.17) is 14.9 Å². The third kappa shape index (κ3) is 9.20. The van der Waals surface area contributed by atoms with Crippen LogP contribution in [0.4, 0.5) is 5.95 Å². The van der Waals surface area contributed by atoms with E-state index in [1.54, 1.807) is 25.3 Å². The fraction of sp³-hybridized carbons (Fsp3) is 0.351. The summed E-state index contributed by atoms with van der Waals surface area (Å²) in [5.41, 5.74) is 8.28. The van der Waals surface area contributed by atoms with Crippen LogP contribution in [0.3, 0.4) is 0 Å². The number of fused-ring (bicyclic) bond motifs is 1. The van der Waals surface area contributed by atoms with Crippen LogP contribution in [0.15, 0.2) is 71.6 Å². The molecule has 0 amide bonds. The van der Waals surface area contributed by atoms with E-state index in [2.05, 4.69) is 61.2 Å². The molecule has 1 atom stereocenters. The van der Waals surface area contributed by atoms with E-state index < -0.39 is 22.0 Å². The SMILES string of the molecule is COc1ccc(-c2cc3c(n2-c2ccc(S(=O)(=O)Nc4nc(C)cc(C)n4)cc2)CCC(N2CCN(C)CC2)C3)cc1C.O=C(O)/C=C/C(=O)O. The summed E-state index contributed by atoms with van der Waals surface area (Å²) in [5, 5.41) is 15.6. The summed E-state index contributed by atoms with van der Waals surface area (Å²) >= 11 is 0. The molecule has 2 aromatic heterocycles. The molecule has 1 aliphatic heterocycles. The summed E-state index contributed by atoms with van der Waals surface area (Å²) in [6.45, 7) is 10.1. The summed E-state index contributed by atoms with van der Waals surface area (Å²) in [4.78, 5) is 32.8. The van der Waals surface area contributed by atoms with Gasteiger partial charge in [-0.15, -0.1) is 0 Å². The van der Waals surface area contributed by atoms with Crippen molar-refractivity contribution >= 4 is 27.9 Å². The Hall–Kier alpha value is -5.05. The average Bonchev–Trinajstić information content (AvgIpc) is 3.46. The Bertz CT molecular complexity index is 2000. The molecule has 1 saturated heterocycles. The number of anilines is 1. The number of hydrogen-bond acceptors (Lipinski definition) is 9. The number of benzene rings is 2. The second-order valence-corrected chi connectivity index (χ2v) is 14.5. The molecule has 51 heavy (non-hydrogen) atoms. The van der Waals surface area contributed by atoms with Gasteiger partial charge in [-0.25, -0.2) is 32.7 Å². The van der Waals surface area contributed by atoms with Gasteiger partial charge in [0.15, 0.2) is 0 Å². The van der Waals surface area contributed by atoms with Gasteiger partial charge >= 0.3 is 11.9 Å². The first-order chi connectivity index (χ1) is 24.2. The molecule has 13 nitrogen and oxygen atoms in total. The summed E-state index contributed by atoms with van der Waals surface area (Å²) in [5.74, 6) is -1.58. The third-order valence-corrected chi connectivity index (χ3v) is 10.4. The lowest BCUT2D eigenvalue weighted by atomic mass is 9.91. The monoisotopic (exact) mass is 716 g/mol. The van der Waals surface area contributed by atoms with Crippen molar-refractivity contribution in [1.82, 2.24) is 24.3 Å². The maximum atomic E-state index is 13.2. The Balaban J connectivity index is 0.000000565. The number of sulfonamides is 1. The average molecular weight is 717 g/mol. The molecule has 6 rings (SSSR count). The minimum Gasteiger partial charge on any atom is -0.496 e. The number of aryl methyl sites for hydroxylation is 3. The molecule has 0 radical (unpaired) electrons. The number of piperazine rings is 1. The number of aliphatic carboxylic acids is 2. The number of rotatable bonds is 9. The molecule has 1 aliphatic carbocycles. The Morgan fingerprint density at radius 1 is 0.902 bits per heavy atom. The van der Waals surface area contributed by atoms with Crippen LogP contribution in [-0.4, -0.2) is 101 Å². The van der Waals surface area contributed by atoms with Crippen molar-refractivity contribution in [3.63, 3.8) is 0 Å². The van der Waals surface area contributed by atoms with Crippen molar-refractivity contribution in [3.05, 3.63) is 95.0 Å². The number of hydrogen-bond donors (Lipinski definition) is 3. The van der Waals surface area contributed by atoms with Crippen LogP contribution in [0.2, 0.25) is 0 Å². The Kier molecular flexibility index (Phi) is 11.6. The summed E-state index contributed by atoms with van der Waals surface area (Å²) < 4.78 is 36.8. The van der Waals surface area contributed by atoms with Gasteiger partial charge in [-0.05, 0) is 118 Å². The highest BCUT2D eigenvalue weighted by Gasteiger charge is 2.30. The predicted octanol–water partition coefficient (Wildman–Crippen LogP) is 4.49. The van der Waals surface area contributed by atoms with Gasteiger partial charge in [0.25, 0.3) is 10.0 Å². The van der Waals surface area contributed by atoms with Crippen LogP contribution < -0.4 is 9.46 Å². The predicted molar refractivity (Wildman–Crippen MR) is 194 cm³/mol. The lowest BCUT2D eigenvalue weighted by molar-refractivity contribution is -0.134. The standard InChI is InChI=1S/C33H40N6O3S.C4H4O4/c1-22-18-25(6-13-32(22)42-5)31-21-26-20-28(38-16-14-37(4)15-17-38)9-12-30(26)39(31)27-7-10-29(11-8-27)43(40,41)36-33-34-23(2)19-24(3)35-33;5-3(6)1-2-4(7)8/h6-8,10-11,13,18-19,21,28H,9,12,14-17,20H2,1-5H3,(H,34,35,36);1-2H,(H,5,6)(H,7,8)/b;2-1+. The molecule has 3 N–H and O–H groups in total. The van der Waals surface area contributed by atoms with Crippen molar-refractivity contribution < 1.29 is 33.0 Å². The lowest BCUT2D eigenvalue weighted by Crippen LogP contribution is -2.50. The van der Waals surface area contributed by atoms with Crippen molar-refractivity contribution in [2.75, 3.05) is 45.1 Å². The molecule has 1 unspecified atom stereocenters. The van der Waals surface area contributed by atoms with Crippen LogP contribution in [0.1, 0.15) is 34.6 Å². The van der Waals surface area contributed by atoms with Gasteiger partial charge in [0.05, 0.1) is 17.7 Å². The fourth-order valence-corrected chi connectivity index (χ4v) is 7.57. The smallest absolute Gasteiger partial charge is 0.328 e. The van der Waals surface area contributed by atoms with E-state index >= 15 is 0 Å². The van der Waals surface area contributed by atoms with Gasteiger partial charge in [-0.1, -0.05) is 0 Å². The number of carboxylic acid groups (broad SMARTS) is 2. The second kappa shape index (κ2) is 15.9. The van der Waals surface area contributed by atoms with Gasteiger partial charge in [0.2, 0.25) is 5.95 Å². The van der Waals surface area contributed by atoms with E-state index in [9.17, 15) is 18.0 Å². The highest BCUT2D eigenvalue weighted by Crippen LogP contribution is 2.37. The van der Waals surface area contributed by atoms with Crippen LogP contribution in [0, 0.1) is 20.8 Å². The van der Waals surface area contributed by atoms with Crippen LogP contribution in [0.25, 0.3) is 16.9 Å². The van der Waals surface area contributed by atoms with E-state index in [1.807, 2.05) is 32.0 Å². The largest absolute Gasteiger partial charge is 0.496 e. The number of ether oxygens (including phenoxy) is 1. The Labute approximate surface area is 298 Å². The molecule has 0 saturated carbocycles. The summed E-state index contributed by atoms with van der Waals surface area (Å²) in [7, 11) is 0.0348. The molecular weight excluding hydrogens is 673 g/mol. The normalized spacial score (nSPS) is 16.6. The molecule has 2 aromatic carbocycles. The quantitative estimate of drug-likeness (QED) is 0.209. The van der Waals surface area contributed by atoms with E-state index in [-0.39, 0.29) is 10.8 Å². The highest BCUT2D eigenvalue weighted by molar-refractivity contribution is 7.92. The molecule has 0 bridgehead atoms.